The second-order valence-corrected chi connectivity index (χ2v) is 9.47. The number of rotatable bonds is 15. The van der Waals surface area contributed by atoms with Gasteiger partial charge in [-0.15, -0.1) is 5.75 Å². The molecule has 2 aromatic carbocycles. The summed E-state index contributed by atoms with van der Waals surface area (Å²) in [5.41, 5.74) is 0.393. The fourth-order valence-corrected chi connectivity index (χ4v) is 4.30. The summed E-state index contributed by atoms with van der Waals surface area (Å²) in [4.78, 5) is -0.367. The van der Waals surface area contributed by atoms with Gasteiger partial charge in [0.15, 0.2) is 0 Å². The first kappa shape index (κ1) is 29.6. The largest absolute Gasteiger partial charge is 1.00 e. The van der Waals surface area contributed by atoms with Crippen molar-refractivity contribution in [3.8, 4) is 17.2 Å². The summed E-state index contributed by atoms with van der Waals surface area (Å²) in [5.74, 6) is -0.0308. The van der Waals surface area contributed by atoms with Gasteiger partial charge in [0.2, 0.25) is 0 Å². The van der Waals surface area contributed by atoms with E-state index in [1.165, 1.54) is 57.4 Å². The summed E-state index contributed by atoms with van der Waals surface area (Å²) in [5, 5.41) is 12.5. The van der Waals surface area contributed by atoms with Crippen LogP contribution in [-0.2, 0) is 16.5 Å². The molecule has 5 nitrogen and oxygen atoms in total. The molecule has 1 N–H and O–H groups in total. The Kier molecular flexibility index (Phi) is 15.0. The molecule has 0 heterocycles. The fraction of sp³-hybridized carbons (Fsp3) is 0.520. The van der Waals surface area contributed by atoms with Gasteiger partial charge in [-0.2, -0.15) is 8.42 Å². The monoisotopic (exact) mass is 486 g/mol. The zero-order valence-corrected chi connectivity index (χ0v) is 23.5. The summed E-state index contributed by atoms with van der Waals surface area (Å²) in [6, 6.07) is 11.0. The number of hydrogen-bond donors (Lipinski definition) is 1. The van der Waals surface area contributed by atoms with Crippen LogP contribution < -0.4 is 61.2 Å². The molecule has 32 heavy (non-hydrogen) atoms. The average Bonchev–Trinajstić information content (AvgIpc) is 2.73. The molecular weight excluding hydrogens is 451 g/mol. The van der Waals surface area contributed by atoms with Crippen LogP contribution in [-0.4, -0.2) is 13.0 Å². The third-order valence-corrected chi connectivity index (χ3v) is 6.30. The van der Waals surface area contributed by atoms with E-state index in [0.717, 1.165) is 25.3 Å². The van der Waals surface area contributed by atoms with E-state index in [1.54, 1.807) is 30.3 Å². The van der Waals surface area contributed by atoms with E-state index in [4.69, 9.17) is 4.74 Å². The van der Waals surface area contributed by atoms with Crippen LogP contribution in [0.25, 0.3) is 0 Å². The van der Waals surface area contributed by atoms with Gasteiger partial charge in [0.1, 0.15) is 16.4 Å². The van der Waals surface area contributed by atoms with Crippen molar-refractivity contribution in [3.05, 3.63) is 48.0 Å². The van der Waals surface area contributed by atoms with Gasteiger partial charge in [0.05, 0.1) is 0 Å². The molecule has 172 valence electrons. The minimum atomic E-state index is -4.51. The van der Waals surface area contributed by atoms with Crippen molar-refractivity contribution in [2.24, 2.45) is 0 Å². The van der Waals surface area contributed by atoms with Gasteiger partial charge in [-0.05, 0) is 37.1 Å². The Hall–Kier alpha value is -0.414. The Morgan fingerprint density at radius 2 is 1.38 bits per heavy atom. The molecule has 0 bridgehead atoms. The van der Waals surface area contributed by atoms with Crippen molar-refractivity contribution in [3.63, 3.8) is 0 Å². The van der Waals surface area contributed by atoms with Crippen LogP contribution in [0.3, 0.4) is 0 Å². The first-order valence-electron chi connectivity index (χ1n) is 11.5. The standard InChI is InChI=1S/C25H36O5S.K/c1-2-3-4-5-6-7-8-9-10-11-13-16-21-19-25(31(27,28)29)24(20-23(21)26)30-22-17-14-12-15-18-22;/h12,14-15,17-20,26H,2-11,13,16H2,1H3,(H,27,28,29);/q;+1/p-1. The molecule has 0 amide bonds. The van der Waals surface area contributed by atoms with E-state index in [-0.39, 0.29) is 67.8 Å². The smallest absolute Gasteiger partial charge is 0.872 e. The van der Waals surface area contributed by atoms with Crippen LogP contribution in [0.5, 0.6) is 17.2 Å². The maximum absolute atomic E-state index is 12.5. The van der Waals surface area contributed by atoms with E-state index >= 15 is 0 Å². The number of hydrogen-bond acceptors (Lipinski definition) is 4. The molecule has 2 aromatic rings. The fourth-order valence-electron chi connectivity index (χ4n) is 3.66. The van der Waals surface area contributed by atoms with Gasteiger partial charge in [-0.25, -0.2) is 0 Å². The van der Waals surface area contributed by atoms with Crippen molar-refractivity contribution < 1.29 is 74.2 Å². The maximum Gasteiger partial charge on any atom is 1.00 e. The van der Waals surface area contributed by atoms with Gasteiger partial charge in [-0.3, -0.25) is 4.55 Å². The van der Waals surface area contributed by atoms with Crippen molar-refractivity contribution in [1.29, 1.82) is 0 Å². The first-order chi connectivity index (χ1) is 14.9. The van der Waals surface area contributed by atoms with E-state index < -0.39 is 10.1 Å². The van der Waals surface area contributed by atoms with Crippen molar-refractivity contribution in [1.82, 2.24) is 0 Å². The van der Waals surface area contributed by atoms with E-state index in [9.17, 15) is 18.1 Å². The molecule has 0 aliphatic heterocycles. The SMILES string of the molecule is CCCCCCCCCCCCCc1cc(S(=O)(=O)O)c(Oc2ccccc2)cc1[O-].[K+]. The van der Waals surface area contributed by atoms with E-state index in [0.29, 0.717) is 17.7 Å². The molecule has 0 aromatic heterocycles. The van der Waals surface area contributed by atoms with E-state index in [1.807, 2.05) is 0 Å². The van der Waals surface area contributed by atoms with Gasteiger partial charge < -0.3 is 9.84 Å². The van der Waals surface area contributed by atoms with Crippen LogP contribution in [0.1, 0.15) is 83.1 Å². The maximum atomic E-state index is 12.5. The molecule has 0 aliphatic rings. The molecule has 0 fully saturated rings. The summed E-state index contributed by atoms with van der Waals surface area (Å²) in [7, 11) is -4.51. The number of para-hydroxylation sites is 1. The molecule has 0 radical (unpaired) electrons. The summed E-state index contributed by atoms with van der Waals surface area (Å²) in [6.07, 6.45) is 13.7. The van der Waals surface area contributed by atoms with Gasteiger partial charge in [-0.1, -0.05) is 94.9 Å². The van der Waals surface area contributed by atoms with Crippen molar-refractivity contribution in [2.45, 2.75) is 88.9 Å². The summed E-state index contributed by atoms with van der Waals surface area (Å²) in [6.45, 7) is 2.23. The molecule has 0 spiro atoms. The third-order valence-electron chi connectivity index (χ3n) is 5.43. The average molecular weight is 487 g/mol. The minimum absolute atomic E-state index is 0. The quantitative estimate of drug-likeness (QED) is 0.236. The van der Waals surface area contributed by atoms with Crippen LogP contribution in [0.2, 0.25) is 0 Å². The minimum Gasteiger partial charge on any atom is -0.872 e. The number of aryl methyl sites for hydroxylation is 1. The molecule has 0 aliphatic carbocycles. The first-order valence-corrected chi connectivity index (χ1v) is 12.9. The third kappa shape index (κ3) is 11.1. The Balaban J connectivity index is 0.00000512. The van der Waals surface area contributed by atoms with Gasteiger partial charge >= 0.3 is 51.4 Å². The van der Waals surface area contributed by atoms with E-state index in [2.05, 4.69) is 6.92 Å². The second-order valence-electron chi connectivity index (χ2n) is 8.08. The summed E-state index contributed by atoms with van der Waals surface area (Å²) >= 11 is 0. The Morgan fingerprint density at radius 3 is 1.91 bits per heavy atom. The molecule has 7 heteroatoms. The second kappa shape index (κ2) is 16.3. The topological polar surface area (TPSA) is 86.7 Å². The number of unbranched alkanes of at least 4 members (excludes halogenated alkanes) is 10. The molecule has 2 rings (SSSR count). The van der Waals surface area contributed by atoms with Crippen molar-refractivity contribution >= 4 is 10.1 Å². The molecular formula is C25H35KO5S. The molecule has 0 atom stereocenters. The van der Waals surface area contributed by atoms with Crippen LogP contribution in [0.4, 0.5) is 0 Å². The van der Waals surface area contributed by atoms with Gasteiger partial charge in [0.25, 0.3) is 10.1 Å². The normalized spacial score (nSPS) is 11.2. The van der Waals surface area contributed by atoms with Crippen LogP contribution >= 0.6 is 0 Å². The number of benzene rings is 2. The van der Waals surface area contributed by atoms with Crippen molar-refractivity contribution in [2.75, 3.05) is 0 Å². The zero-order valence-electron chi connectivity index (χ0n) is 19.5. The number of ether oxygens (including phenoxy) is 1. The Labute approximate surface area is 236 Å². The predicted octanol–water partition coefficient (Wildman–Crippen LogP) is 3.66. The van der Waals surface area contributed by atoms with Crippen LogP contribution in [0.15, 0.2) is 47.4 Å². The molecule has 0 saturated heterocycles. The summed E-state index contributed by atoms with van der Waals surface area (Å²) < 4.78 is 38.8. The Bertz CT molecular complexity index is 885. The predicted molar refractivity (Wildman–Crippen MR) is 122 cm³/mol. The zero-order chi connectivity index (χ0) is 22.5. The molecule has 0 saturated carbocycles. The Morgan fingerprint density at radius 1 is 0.844 bits per heavy atom. The molecule has 0 unspecified atom stereocenters. The van der Waals surface area contributed by atoms with Gasteiger partial charge in [0, 0.05) is 0 Å². The van der Waals surface area contributed by atoms with Crippen LogP contribution in [0, 0.1) is 0 Å².